The van der Waals surface area contributed by atoms with Crippen LogP contribution in [-0.4, -0.2) is 36.7 Å². The first-order valence-electron chi connectivity index (χ1n) is 6.11. The Morgan fingerprint density at radius 1 is 1.30 bits per heavy atom. The Morgan fingerprint density at radius 3 is 2.43 bits per heavy atom. The summed E-state index contributed by atoms with van der Waals surface area (Å²) in [5.74, 6) is -7.85. The fourth-order valence-electron chi connectivity index (χ4n) is 1.48. The third-order valence-corrected chi connectivity index (χ3v) is 3.06. The van der Waals surface area contributed by atoms with Gasteiger partial charge in [0.25, 0.3) is 0 Å². The summed E-state index contributed by atoms with van der Waals surface area (Å²) in [6.07, 6.45) is -0.764. The quantitative estimate of drug-likeness (QED) is 0.511. The Balaban J connectivity index is 3.01. The minimum Gasteiger partial charge on any atom is -0.368 e. The second-order valence-corrected chi connectivity index (χ2v) is 4.71. The molecule has 1 heterocycles. The molecular weight excluding hydrogens is 327 g/mol. The average Bonchev–Trinajstić information content (AvgIpc) is 2.71. The van der Waals surface area contributed by atoms with Crippen LogP contribution in [0.5, 0.6) is 0 Å². The van der Waals surface area contributed by atoms with Gasteiger partial charge in [0.1, 0.15) is 0 Å². The first-order valence-corrected chi connectivity index (χ1v) is 6.11. The molecule has 1 rings (SSSR count). The van der Waals surface area contributed by atoms with E-state index in [0.717, 1.165) is 13.1 Å². The maximum Gasteiger partial charge on any atom is 0.455 e. The van der Waals surface area contributed by atoms with Gasteiger partial charge in [0.15, 0.2) is 5.41 Å². The van der Waals surface area contributed by atoms with Crippen LogP contribution in [0.4, 0.5) is 22.0 Å². The van der Waals surface area contributed by atoms with Crippen LogP contribution in [0.1, 0.15) is 6.92 Å². The van der Waals surface area contributed by atoms with Crippen LogP contribution in [-0.2, 0) is 9.59 Å². The second-order valence-electron chi connectivity index (χ2n) is 4.71. The first-order chi connectivity index (χ1) is 10.4. The van der Waals surface area contributed by atoms with E-state index < -0.39 is 35.9 Å². The minimum atomic E-state index is -5.84. The molecule has 0 saturated heterocycles. The van der Waals surface area contributed by atoms with Gasteiger partial charge in [-0.05, 0) is 13.0 Å². The highest BCUT2D eigenvalue weighted by Crippen LogP contribution is 2.35. The number of amides is 2. The number of hydrogen-bond acceptors (Lipinski definition) is 4. The van der Waals surface area contributed by atoms with Gasteiger partial charge in [-0.2, -0.15) is 22.0 Å². The molecule has 1 atom stereocenters. The third kappa shape index (κ3) is 3.85. The Bertz CT molecular complexity index is 582. The lowest BCUT2D eigenvalue weighted by molar-refractivity contribution is -0.278. The summed E-state index contributed by atoms with van der Waals surface area (Å²) in [5.41, 5.74) is 2.62. The van der Waals surface area contributed by atoms with Crippen molar-refractivity contribution in [1.82, 2.24) is 10.6 Å². The van der Waals surface area contributed by atoms with E-state index in [9.17, 15) is 31.5 Å². The van der Waals surface area contributed by atoms with Gasteiger partial charge in [0.05, 0.1) is 12.2 Å². The number of hydrogen-bond donors (Lipinski definition) is 3. The summed E-state index contributed by atoms with van der Waals surface area (Å²) in [4.78, 5) is 27.3. The molecule has 0 radical (unpaired) electrons. The zero-order valence-corrected chi connectivity index (χ0v) is 11.7. The maximum absolute atomic E-state index is 12.9. The molecule has 0 spiro atoms. The zero-order chi connectivity index (χ0) is 17.9. The van der Waals surface area contributed by atoms with Crippen molar-refractivity contribution in [1.29, 1.82) is 0 Å². The molecule has 0 aromatic heterocycles. The number of allylic oxidation sites excluding steroid dienone is 1. The van der Waals surface area contributed by atoms with Crippen molar-refractivity contribution in [2.75, 3.05) is 6.54 Å². The van der Waals surface area contributed by atoms with E-state index in [1.54, 1.807) is 0 Å². The molecule has 1 aliphatic heterocycles. The van der Waals surface area contributed by atoms with Crippen molar-refractivity contribution in [3.63, 3.8) is 0 Å². The highest BCUT2D eigenvalue weighted by atomic mass is 19.4. The van der Waals surface area contributed by atoms with Gasteiger partial charge in [-0.1, -0.05) is 0 Å². The fourth-order valence-corrected chi connectivity index (χ4v) is 1.48. The monoisotopic (exact) mass is 340 g/mol. The van der Waals surface area contributed by atoms with Crippen LogP contribution in [0.15, 0.2) is 29.2 Å². The number of halogens is 5. The Kier molecular flexibility index (Phi) is 5.13. The number of alkyl halides is 5. The fraction of sp³-hybridized carbons (Fsp3) is 0.417. The van der Waals surface area contributed by atoms with Gasteiger partial charge < -0.3 is 16.4 Å². The minimum absolute atomic E-state index is 0.247. The van der Waals surface area contributed by atoms with Gasteiger partial charge in [-0.15, -0.1) is 0 Å². The molecule has 0 aliphatic carbocycles. The summed E-state index contributed by atoms with van der Waals surface area (Å²) < 4.78 is 62.0. The summed E-state index contributed by atoms with van der Waals surface area (Å²) >= 11 is 0. The molecule has 0 saturated carbocycles. The topological polar surface area (TPSA) is 96.6 Å². The standard InChI is InChI=1S/C12H13F5N4O2/c1-10(8(18)22,7-5-19-3-2-4-20-7)9(23)21-6-11(13,14)12(15,16)17/h2-5,19H,6H2,1H3,(H2,18,22)(H,21,23). The normalized spacial score (nSPS) is 17.6. The van der Waals surface area contributed by atoms with Crippen molar-refractivity contribution in [2.24, 2.45) is 16.1 Å². The Morgan fingerprint density at radius 2 is 1.91 bits per heavy atom. The summed E-state index contributed by atoms with van der Waals surface area (Å²) in [6.45, 7) is -1.06. The van der Waals surface area contributed by atoms with E-state index in [1.165, 1.54) is 23.8 Å². The summed E-state index contributed by atoms with van der Waals surface area (Å²) in [7, 11) is 0. The van der Waals surface area contributed by atoms with Crippen molar-refractivity contribution in [3.8, 4) is 0 Å². The SMILES string of the molecule is CC(C(N)=O)(C(=O)NCC(F)(F)C(F)(F)F)C1=CNC=CC=N1. The number of primary amides is 1. The smallest absolute Gasteiger partial charge is 0.368 e. The molecule has 0 fully saturated rings. The molecular formula is C12H13F5N4O2. The van der Waals surface area contributed by atoms with E-state index in [4.69, 9.17) is 5.73 Å². The van der Waals surface area contributed by atoms with Gasteiger partial charge in [0, 0.05) is 18.6 Å². The van der Waals surface area contributed by atoms with E-state index >= 15 is 0 Å². The number of carbonyl (C=O) groups excluding carboxylic acids is 2. The molecule has 1 unspecified atom stereocenters. The molecule has 4 N–H and O–H groups in total. The van der Waals surface area contributed by atoms with Gasteiger partial charge in [0.2, 0.25) is 11.8 Å². The molecule has 1 aliphatic rings. The molecule has 128 valence electrons. The largest absolute Gasteiger partial charge is 0.455 e. The lowest BCUT2D eigenvalue weighted by Crippen LogP contribution is -2.53. The second kappa shape index (κ2) is 6.34. The number of rotatable bonds is 5. The molecule has 2 amide bonds. The van der Waals surface area contributed by atoms with Crippen molar-refractivity contribution in [3.05, 3.63) is 24.2 Å². The Hall–Kier alpha value is -2.46. The molecule has 11 heteroatoms. The van der Waals surface area contributed by atoms with Crippen LogP contribution in [0.2, 0.25) is 0 Å². The highest BCUT2D eigenvalue weighted by Gasteiger charge is 2.58. The summed E-state index contributed by atoms with van der Waals surface area (Å²) in [5, 5.41) is 3.92. The predicted molar refractivity (Wildman–Crippen MR) is 70.2 cm³/mol. The van der Waals surface area contributed by atoms with Crippen molar-refractivity contribution in [2.45, 2.75) is 19.0 Å². The van der Waals surface area contributed by atoms with E-state index in [1.807, 2.05) is 0 Å². The van der Waals surface area contributed by atoms with E-state index in [0.29, 0.717) is 0 Å². The van der Waals surface area contributed by atoms with Crippen molar-refractivity contribution < 1.29 is 31.5 Å². The van der Waals surface area contributed by atoms with Crippen LogP contribution in [0.3, 0.4) is 0 Å². The predicted octanol–water partition coefficient (Wildman–Crippen LogP) is 0.821. The van der Waals surface area contributed by atoms with Crippen LogP contribution in [0, 0.1) is 5.41 Å². The van der Waals surface area contributed by atoms with Gasteiger partial charge in [-0.3, -0.25) is 14.6 Å². The Labute approximate surface area is 127 Å². The number of aliphatic imine (C=N–C) groups is 1. The number of nitrogens with two attached hydrogens (primary N) is 1. The van der Waals surface area contributed by atoms with Crippen LogP contribution < -0.4 is 16.4 Å². The lowest BCUT2D eigenvalue weighted by atomic mass is 9.85. The van der Waals surface area contributed by atoms with E-state index in [2.05, 4.69) is 10.3 Å². The van der Waals surface area contributed by atoms with Crippen LogP contribution >= 0.6 is 0 Å². The lowest BCUT2D eigenvalue weighted by Gasteiger charge is -2.27. The molecule has 0 aromatic carbocycles. The molecule has 23 heavy (non-hydrogen) atoms. The average molecular weight is 340 g/mol. The zero-order valence-electron chi connectivity index (χ0n) is 11.7. The third-order valence-electron chi connectivity index (χ3n) is 3.06. The van der Waals surface area contributed by atoms with E-state index in [-0.39, 0.29) is 5.70 Å². The molecule has 0 bridgehead atoms. The highest BCUT2D eigenvalue weighted by molar-refractivity contribution is 6.07. The van der Waals surface area contributed by atoms with Gasteiger partial charge in [-0.25, -0.2) is 0 Å². The summed E-state index contributed by atoms with van der Waals surface area (Å²) in [6, 6.07) is 0. The molecule has 0 aromatic rings. The van der Waals surface area contributed by atoms with Gasteiger partial charge >= 0.3 is 12.1 Å². The number of nitrogens with zero attached hydrogens (tertiary/aromatic N) is 1. The molecule has 6 nitrogen and oxygen atoms in total. The number of nitrogens with one attached hydrogen (secondary N) is 2. The maximum atomic E-state index is 12.9. The first kappa shape index (κ1) is 18.6. The van der Waals surface area contributed by atoms with Crippen molar-refractivity contribution >= 4 is 18.0 Å². The van der Waals surface area contributed by atoms with Crippen LogP contribution in [0.25, 0.3) is 0 Å². The number of carbonyl (C=O) groups is 2.